The van der Waals surface area contributed by atoms with Crippen LogP contribution in [-0.4, -0.2) is 27.9 Å². The second-order valence-electron chi connectivity index (χ2n) is 7.18. The monoisotopic (exact) mass is 424 g/mol. The number of anilines is 2. The number of aromatic nitrogens is 3. The zero-order valence-corrected chi connectivity index (χ0v) is 17.8. The molecule has 160 valence electrons. The summed E-state index contributed by atoms with van der Waals surface area (Å²) >= 11 is 0. The molecule has 2 N–H and O–H groups in total. The molecule has 0 radical (unpaired) electrons. The van der Waals surface area contributed by atoms with Crippen molar-refractivity contribution in [3.8, 4) is 11.3 Å². The summed E-state index contributed by atoms with van der Waals surface area (Å²) in [6.45, 7) is 3.92. The van der Waals surface area contributed by atoms with Crippen molar-refractivity contribution in [2.75, 3.05) is 16.9 Å². The number of hydrogen-bond donors (Lipinski definition) is 2. The van der Waals surface area contributed by atoms with Crippen LogP contribution in [0.4, 0.5) is 11.6 Å². The van der Waals surface area contributed by atoms with Gasteiger partial charge in [-0.3, -0.25) is 9.78 Å². The first-order valence-corrected chi connectivity index (χ1v) is 10.4. The minimum absolute atomic E-state index is 0.183. The van der Waals surface area contributed by atoms with Gasteiger partial charge in [0, 0.05) is 24.3 Å². The number of hydrazone groups is 1. The maximum Gasteiger partial charge on any atom is 0.279 e. The van der Waals surface area contributed by atoms with E-state index in [1.807, 2.05) is 48.5 Å². The molecule has 7 nitrogen and oxygen atoms in total. The molecule has 0 saturated heterocycles. The average molecular weight is 425 g/mol. The minimum atomic E-state index is -0.327. The van der Waals surface area contributed by atoms with Gasteiger partial charge in [0.25, 0.3) is 5.56 Å². The zero-order chi connectivity index (χ0) is 22.2. The maximum absolute atomic E-state index is 12.3. The SMILES string of the molecule is CCN(Cc1ccccc1)c1ccc(/C=N/Nc2nnc(-c3ccccc3)c(=O)[nH]2)cc1. The van der Waals surface area contributed by atoms with Crippen LogP contribution in [0.15, 0.2) is 94.8 Å². The molecule has 0 unspecified atom stereocenters. The fraction of sp³-hybridized carbons (Fsp3) is 0.120. The first-order chi connectivity index (χ1) is 15.7. The molecule has 32 heavy (non-hydrogen) atoms. The van der Waals surface area contributed by atoms with Gasteiger partial charge in [-0.2, -0.15) is 5.10 Å². The van der Waals surface area contributed by atoms with E-state index in [1.165, 1.54) is 5.56 Å². The number of benzene rings is 3. The smallest absolute Gasteiger partial charge is 0.279 e. The van der Waals surface area contributed by atoms with Crippen molar-refractivity contribution in [2.45, 2.75) is 13.5 Å². The molecular weight excluding hydrogens is 400 g/mol. The Morgan fingerprint density at radius 3 is 2.28 bits per heavy atom. The third-order valence-corrected chi connectivity index (χ3v) is 4.98. The zero-order valence-electron chi connectivity index (χ0n) is 17.8. The lowest BCUT2D eigenvalue weighted by Gasteiger charge is -2.23. The molecule has 3 aromatic carbocycles. The van der Waals surface area contributed by atoms with Gasteiger partial charge in [0.15, 0.2) is 5.69 Å². The van der Waals surface area contributed by atoms with Gasteiger partial charge < -0.3 is 4.90 Å². The van der Waals surface area contributed by atoms with Crippen molar-refractivity contribution in [3.63, 3.8) is 0 Å². The Balaban J connectivity index is 1.39. The number of nitrogens with one attached hydrogen (secondary N) is 2. The van der Waals surface area contributed by atoms with Crippen LogP contribution >= 0.6 is 0 Å². The van der Waals surface area contributed by atoms with Crippen molar-refractivity contribution in [2.24, 2.45) is 5.10 Å². The first kappa shape index (κ1) is 21.0. The Bertz CT molecular complexity index is 1220. The van der Waals surface area contributed by atoms with Gasteiger partial charge in [-0.05, 0) is 30.2 Å². The Morgan fingerprint density at radius 2 is 1.62 bits per heavy atom. The molecule has 4 rings (SSSR count). The summed E-state index contributed by atoms with van der Waals surface area (Å²) in [5.74, 6) is 0.183. The molecule has 4 aromatic rings. The Kier molecular flexibility index (Phi) is 6.67. The van der Waals surface area contributed by atoms with Gasteiger partial charge in [0.05, 0.1) is 6.21 Å². The van der Waals surface area contributed by atoms with E-state index < -0.39 is 0 Å². The molecule has 0 aliphatic heterocycles. The number of aromatic amines is 1. The highest BCUT2D eigenvalue weighted by atomic mass is 16.1. The van der Waals surface area contributed by atoms with Gasteiger partial charge in [0.1, 0.15) is 0 Å². The normalized spacial score (nSPS) is 10.9. The fourth-order valence-corrected chi connectivity index (χ4v) is 3.30. The number of nitrogens with zero attached hydrogens (tertiary/aromatic N) is 4. The average Bonchev–Trinajstić information content (AvgIpc) is 2.84. The van der Waals surface area contributed by atoms with E-state index in [0.717, 1.165) is 24.3 Å². The van der Waals surface area contributed by atoms with Crippen molar-refractivity contribution < 1.29 is 0 Å². The summed E-state index contributed by atoms with van der Waals surface area (Å²) in [4.78, 5) is 17.2. The van der Waals surface area contributed by atoms with Crippen LogP contribution in [0.25, 0.3) is 11.3 Å². The molecule has 0 aliphatic carbocycles. The highest BCUT2D eigenvalue weighted by Gasteiger charge is 2.07. The van der Waals surface area contributed by atoms with E-state index in [2.05, 4.69) is 73.9 Å². The number of rotatable bonds is 8. The van der Waals surface area contributed by atoms with Crippen molar-refractivity contribution in [3.05, 3.63) is 106 Å². The van der Waals surface area contributed by atoms with Gasteiger partial charge >= 0.3 is 0 Å². The molecule has 1 aromatic heterocycles. The third-order valence-electron chi connectivity index (χ3n) is 4.98. The van der Waals surface area contributed by atoms with Crippen LogP contribution < -0.4 is 15.9 Å². The van der Waals surface area contributed by atoms with Crippen LogP contribution in [-0.2, 0) is 6.54 Å². The van der Waals surface area contributed by atoms with Crippen LogP contribution in [0.3, 0.4) is 0 Å². The van der Waals surface area contributed by atoms with Gasteiger partial charge in [-0.1, -0.05) is 72.8 Å². The largest absolute Gasteiger partial charge is 0.367 e. The highest BCUT2D eigenvalue weighted by molar-refractivity contribution is 5.80. The lowest BCUT2D eigenvalue weighted by molar-refractivity contribution is 0.832. The predicted octanol–water partition coefficient (Wildman–Crippen LogP) is 4.30. The van der Waals surface area contributed by atoms with Crippen molar-refractivity contribution in [1.82, 2.24) is 15.2 Å². The first-order valence-electron chi connectivity index (χ1n) is 10.4. The molecule has 0 saturated carbocycles. The van der Waals surface area contributed by atoms with E-state index >= 15 is 0 Å². The second kappa shape index (κ2) is 10.2. The molecule has 0 spiro atoms. The summed E-state index contributed by atoms with van der Waals surface area (Å²) in [5, 5.41) is 12.2. The molecule has 7 heteroatoms. The Hall–Kier alpha value is -4.26. The highest BCUT2D eigenvalue weighted by Crippen LogP contribution is 2.17. The van der Waals surface area contributed by atoms with Crippen LogP contribution in [0, 0.1) is 0 Å². The maximum atomic E-state index is 12.3. The van der Waals surface area contributed by atoms with Gasteiger partial charge in [0.2, 0.25) is 5.95 Å². The standard InChI is InChI=1S/C25H24N6O/c1-2-31(18-20-9-5-3-6-10-20)22-15-13-19(14-16-22)17-26-29-25-27-24(32)23(28-30-25)21-11-7-4-8-12-21/h3-17H,2,18H2,1H3,(H2,27,29,30,32)/b26-17+. The summed E-state index contributed by atoms with van der Waals surface area (Å²) < 4.78 is 0. The Labute approximate surface area is 186 Å². The minimum Gasteiger partial charge on any atom is -0.367 e. The van der Waals surface area contributed by atoms with Crippen LogP contribution in [0.1, 0.15) is 18.1 Å². The van der Waals surface area contributed by atoms with Gasteiger partial charge in [-0.15, -0.1) is 10.2 Å². The van der Waals surface area contributed by atoms with Crippen LogP contribution in [0.5, 0.6) is 0 Å². The van der Waals surface area contributed by atoms with Gasteiger partial charge in [-0.25, -0.2) is 5.43 Å². The van der Waals surface area contributed by atoms with Crippen molar-refractivity contribution in [1.29, 1.82) is 0 Å². The molecule has 0 aliphatic rings. The number of hydrogen-bond acceptors (Lipinski definition) is 6. The van der Waals surface area contributed by atoms with Crippen molar-refractivity contribution >= 4 is 17.9 Å². The molecule has 1 heterocycles. The fourth-order valence-electron chi connectivity index (χ4n) is 3.30. The van der Waals surface area contributed by atoms with Crippen LogP contribution in [0.2, 0.25) is 0 Å². The van der Waals surface area contributed by atoms with E-state index in [0.29, 0.717) is 5.56 Å². The topological polar surface area (TPSA) is 86.3 Å². The summed E-state index contributed by atoms with van der Waals surface area (Å²) in [7, 11) is 0. The number of H-pyrrole nitrogens is 1. The van der Waals surface area contributed by atoms with E-state index in [-0.39, 0.29) is 17.2 Å². The quantitative estimate of drug-likeness (QED) is 0.325. The molecule has 0 atom stereocenters. The molecule has 0 bridgehead atoms. The lowest BCUT2D eigenvalue weighted by atomic mass is 10.1. The second-order valence-corrected chi connectivity index (χ2v) is 7.18. The summed E-state index contributed by atoms with van der Waals surface area (Å²) in [5.41, 5.74) is 6.73. The van der Waals surface area contributed by atoms with E-state index in [4.69, 9.17) is 0 Å². The molecule has 0 amide bonds. The third kappa shape index (κ3) is 5.26. The summed E-state index contributed by atoms with van der Waals surface area (Å²) in [6, 6.07) is 27.8. The molecular formula is C25H24N6O. The molecule has 0 fully saturated rings. The Morgan fingerprint density at radius 1 is 0.938 bits per heavy atom. The van der Waals surface area contributed by atoms with E-state index in [9.17, 15) is 4.79 Å². The lowest BCUT2D eigenvalue weighted by Crippen LogP contribution is -2.21. The summed E-state index contributed by atoms with van der Waals surface area (Å²) in [6.07, 6.45) is 1.67. The van der Waals surface area contributed by atoms with E-state index in [1.54, 1.807) is 6.21 Å². The predicted molar refractivity (Wildman–Crippen MR) is 129 cm³/mol.